The Morgan fingerprint density at radius 2 is 2.39 bits per heavy atom. The van der Waals surface area contributed by atoms with Gasteiger partial charge in [0.05, 0.1) is 12.1 Å². The number of hydrogen-bond acceptors (Lipinski definition) is 4. The van der Waals surface area contributed by atoms with Gasteiger partial charge in [0.15, 0.2) is 4.96 Å². The van der Waals surface area contributed by atoms with E-state index in [1.807, 2.05) is 22.9 Å². The lowest BCUT2D eigenvalue weighted by atomic mass is 10.3. The summed E-state index contributed by atoms with van der Waals surface area (Å²) in [6, 6.07) is 0. The Hall–Kier alpha value is -1.40. The first-order valence-corrected chi connectivity index (χ1v) is 6.76. The summed E-state index contributed by atoms with van der Waals surface area (Å²) in [5.41, 5.74) is 1.93. The van der Waals surface area contributed by atoms with E-state index in [4.69, 9.17) is 5.11 Å². The molecule has 98 valence electrons. The molecule has 0 aliphatic heterocycles. The Labute approximate surface area is 110 Å². The zero-order chi connectivity index (χ0) is 13.1. The highest BCUT2D eigenvalue weighted by molar-refractivity contribution is 7.15. The number of fused-ring (bicyclic) bond motifs is 1. The first kappa shape index (κ1) is 13.0. The van der Waals surface area contributed by atoms with E-state index in [1.54, 1.807) is 23.3 Å². The van der Waals surface area contributed by atoms with E-state index in [0.717, 1.165) is 16.3 Å². The average Bonchev–Trinajstić information content (AvgIpc) is 2.86. The molecule has 0 atom stereocenters. The van der Waals surface area contributed by atoms with E-state index in [0.29, 0.717) is 19.4 Å². The second-order valence-corrected chi connectivity index (χ2v) is 5.17. The number of amides is 1. The number of likely N-dealkylation sites (N-methyl/N-ethyl adjacent to an activating group) is 1. The van der Waals surface area contributed by atoms with Crippen molar-refractivity contribution in [1.82, 2.24) is 14.3 Å². The van der Waals surface area contributed by atoms with Crippen LogP contribution in [0, 0.1) is 6.92 Å². The van der Waals surface area contributed by atoms with Crippen LogP contribution in [0.25, 0.3) is 4.96 Å². The molecule has 0 fully saturated rings. The Bertz CT molecular complexity index is 547. The predicted molar refractivity (Wildman–Crippen MR) is 70.8 cm³/mol. The summed E-state index contributed by atoms with van der Waals surface area (Å²) in [7, 11) is 1.76. The van der Waals surface area contributed by atoms with Crippen LogP contribution in [0.15, 0.2) is 11.6 Å². The Kier molecular flexibility index (Phi) is 3.98. The third-order valence-electron chi connectivity index (χ3n) is 2.81. The number of carbonyl (C=O) groups is 1. The quantitative estimate of drug-likeness (QED) is 0.882. The molecule has 2 aromatic heterocycles. The lowest BCUT2D eigenvalue weighted by Gasteiger charge is -2.16. The van der Waals surface area contributed by atoms with Gasteiger partial charge in [-0.1, -0.05) is 0 Å². The van der Waals surface area contributed by atoms with E-state index >= 15 is 0 Å². The number of carbonyl (C=O) groups excluding carboxylic acids is 1. The Balaban J connectivity index is 2.06. The van der Waals surface area contributed by atoms with Crippen LogP contribution in [-0.2, 0) is 11.2 Å². The largest absolute Gasteiger partial charge is 0.396 e. The molecule has 0 aliphatic carbocycles. The summed E-state index contributed by atoms with van der Waals surface area (Å²) in [4.78, 5) is 18.9. The van der Waals surface area contributed by atoms with Gasteiger partial charge in [0.2, 0.25) is 5.91 Å². The summed E-state index contributed by atoms with van der Waals surface area (Å²) in [5, 5.41) is 10.7. The number of aromatic nitrogens is 2. The van der Waals surface area contributed by atoms with Crippen LogP contribution in [0.3, 0.4) is 0 Å². The number of nitrogens with zero attached hydrogens (tertiary/aromatic N) is 3. The van der Waals surface area contributed by atoms with Crippen molar-refractivity contribution in [3.05, 3.63) is 23.0 Å². The summed E-state index contributed by atoms with van der Waals surface area (Å²) < 4.78 is 1.97. The van der Waals surface area contributed by atoms with Crippen molar-refractivity contribution in [2.45, 2.75) is 19.8 Å². The SMILES string of the molecule is Cc1cn2c(CC(=O)N(C)CCCO)csc2n1. The zero-order valence-electron chi connectivity index (χ0n) is 10.6. The maximum absolute atomic E-state index is 12.0. The molecule has 0 saturated carbocycles. The normalized spacial score (nSPS) is 11.1. The van der Waals surface area contributed by atoms with Crippen molar-refractivity contribution < 1.29 is 9.90 Å². The molecule has 1 amide bonds. The number of thiazole rings is 1. The van der Waals surface area contributed by atoms with Crippen molar-refractivity contribution in [3.8, 4) is 0 Å². The fourth-order valence-electron chi connectivity index (χ4n) is 1.79. The number of aryl methyl sites for hydroxylation is 1. The van der Waals surface area contributed by atoms with Gasteiger partial charge in [-0.3, -0.25) is 9.20 Å². The van der Waals surface area contributed by atoms with E-state index in [9.17, 15) is 4.79 Å². The minimum absolute atomic E-state index is 0.0644. The molecule has 2 heterocycles. The van der Waals surface area contributed by atoms with Crippen LogP contribution in [0.1, 0.15) is 17.8 Å². The van der Waals surface area contributed by atoms with Crippen molar-refractivity contribution in [2.75, 3.05) is 20.2 Å². The number of aliphatic hydroxyl groups is 1. The molecular weight excluding hydrogens is 250 g/mol. The number of hydrogen-bond donors (Lipinski definition) is 1. The molecule has 0 unspecified atom stereocenters. The number of rotatable bonds is 5. The molecular formula is C12H17N3O2S. The summed E-state index contributed by atoms with van der Waals surface area (Å²) in [6.45, 7) is 2.64. The van der Waals surface area contributed by atoms with E-state index in [1.165, 1.54) is 0 Å². The van der Waals surface area contributed by atoms with Crippen molar-refractivity contribution >= 4 is 22.2 Å². The first-order valence-electron chi connectivity index (χ1n) is 5.88. The lowest BCUT2D eigenvalue weighted by Crippen LogP contribution is -2.29. The van der Waals surface area contributed by atoms with Gasteiger partial charge in [-0.05, 0) is 13.3 Å². The molecule has 2 aromatic rings. The van der Waals surface area contributed by atoms with Gasteiger partial charge in [0.25, 0.3) is 0 Å². The molecule has 0 bridgehead atoms. The topological polar surface area (TPSA) is 57.8 Å². The fourth-order valence-corrected chi connectivity index (χ4v) is 2.71. The maximum Gasteiger partial charge on any atom is 0.228 e. The zero-order valence-corrected chi connectivity index (χ0v) is 11.4. The van der Waals surface area contributed by atoms with E-state index in [2.05, 4.69) is 4.98 Å². The second-order valence-electron chi connectivity index (χ2n) is 4.33. The van der Waals surface area contributed by atoms with Gasteiger partial charge in [0, 0.05) is 37.5 Å². The highest BCUT2D eigenvalue weighted by atomic mass is 32.1. The van der Waals surface area contributed by atoms with Crippen LogP contribution in [-0.4, -0.2) is 45.5 Å². The molecule has 5 nitrogen and oxygen atoms in total. The second kappa shape index (κ2) is 5.49. The minimum atomic E-state index is 0.0644. The van der Waals surface area contributed by atoms with Crippen LogP contribution >= 0.6 is 11.3 Å². The lowest BCUT2D eigenvalue weighted by molar-refractivity contribution is -0.129. The molecule has 1 N–H and O–H groups in total. The van der Waals surface area contributed by atoms with Gasteiger partial charge < -0.3 is 10.0 Å². The summed E-state index contributed by atoms with van der Waals surface area (Å²) in [5.74, 6) is 0.0644. The van der Waals surface area contributed by atoms with Gasteiger partial charge in [0.1, 0.15) is 0 Å². The highest BCUT2D eigenvalue weighted by Gasteiger charge is 2.13. The molecule has 0 spiro atoms. The van der Waals surface area contributed by atoms with Crippen molar-refractivity contribution in [1.29, 1.82) is 0 Å². The van der Waals surface area contributed by atoms with Crippen LogP contribution in [0.5, 0.6) is 0 Å². The van der Waals surface area contributed by atoms with Crippen LogP contribution in [0.4, 0.5) is 0 Å². The Morgan fingerprint density at radius 1 is 1.61 bits per heavy atom. The molecule has 0 aromatic carbocycles. The highest BCUT2D eigenvalue weighted by Crippen LogP contribution is 2.17. The minimum Gasteiger partial charge on any atom is -0.396 e. The monoisotopic (exact) mass is 267 g/mol. The molecule has 0 saturated heterocycles. The molecule has 0 radical (unpaired) electrons. The number of imidazole rings is 1. The van der Waals surface area contributed by atoms with Gasteiger partial charge in [-0.25, -0.2) is 4.98 Å². The van der Waals surface area contributed by atoms with E-state index in [-0.39, 0.29) is 12.5 Å². The molecule has 6 heteroatoms. The third kappa shape index (κ3) is 2.70. The van der Waals surface area contributed by atoms with Gasteiger partial charge in [-0.15, -0.1) is 11.3 Å². The van der Waals surface area contributed by atoms with E-state index < -0.39 is 0 Å². The molecule has 18 heavy (non-hydrogen) atoms. The van der Waals surface area contributed by atoms with Crippen LogP contribution in [0.2, 0.25) is 0 Å². The Morgan fingerprint density at radius 3 is 3.11 bits per heavy atom. The standard InChI is InChI=1S/C12H17N3O2S/c1-9-7-15-10(8-18-12(15)13-9)6-11(17)14(2)4-3-5-16/h7-8,16H,3-6H2,1-2H3. The number of aliphatic hydroxyl groups excluding tert-OH is 1. The van der Waals surface area contributed by atoms with Crippen LogP contribution < -0.4 is 0 Å². The fraction of sp³-hybridized carbons (Fsp3) is 0.500. The molecule has 0 aliphatic rings. The third-order valence-corrected chi connectivity index (χ3v) is 3.70. The first-order chi connectivity index (χ1) is 8.61. The average molecular weight is 267 g/mol. The van der Waals surface area contributed by atoms with Gasteiger partial charge >= 0.3 is 0 Å². The van der Waals surface area contributed by atoms with Crippen molar-refractivity contribution in [3.63, 3.8) is 0 Å². The van der Waals surface area contributed by atoms with Crippen molar-refractivity contribution in [2.24, 2.45) is 0 Å². The summed E-state index contributed by atoms with van der Waals surface area (Å²) >= 11 is 1.55. The van der Waals surface area contributed by atoms with Gasteiger partial charge in [-0.2, -0.15) is 0 Å². The summed E-state index contributed by atoms with van der Waals surface area (Å²) in [6.07, 6.45) is 2.94. The molecule has 2 rings (SSSR count). The predicted octanol–water partition coefficient (Wildman–Crippen LogP) is 1.09. The smallest absolute Gasteiger partial charge is 0.228 e. The maximum atomic E-state index is 12.0.